The van der Waals surface area contributed by atoms with Gasteiger partial charge in [0, 0.05) is 29.9 Å². The van der Waals surface area contributed by atoms with Gasteiger partial charge in [-0.25, -0.2) is 19.0 Å². The highest BCUT2D eigenvalue weighted by atomic mass is 32.1. The number of aromatic nitrogens is 6. The quantitative estimate of drug-likeness (QED) is 0.166. The van der Waals surface area contributed by atoms with E-state index in [9.17, 15) is 34.0 Å². The van der Waals surface area contributed by atoms with Gasteiger partial charge in [-0.2, -0.15) is 14.6 Å². The van der Waals surface area contributed by atoms with Crippen molar-refractivity contribution < 1.29 is 43.5 Å². The van der Waals surface area contributed by atoms with Crippen molar-refractivity contribution in [3.63, 3.8) is 0 Å². The van der Waals surface area contributed by atoms with Crippen LogP contribution in [0.3, 0.4) is 0 Å². The van der Waals surface area contributed by atoms with Crippen molar-refractivity contribution in [1.29, 1.82) is 0 Å². The molecule has 46 heavy (non-hydrogen) atoms. The number of nitrogens with one attached hydrogen (secondary N) is 1. The largest absolute Gasteiger partial charge is 0.394 e. The summed E-state index contributed by atoms with van der Waals surface area (Å²) in [5, 5.41) is 53.4. The van der Waals surface area contributed by atoms with E-state index in [-0.39, 0.29) is 34.9 Å². The summed E-state index contributed by atoms with van der Waals surface area (Å²) in [7, 11) is 0. The fraction of sp³-hybridized carbons (Fsp3) is 0.483. The summed E-state index contributed by atoms with van der Waals surface area (Å²) < 4.78 is 43.0. The zero-order valence-corrected chi connectivity index (χ0v) is 25.4. The number of anilines is 1. The molecule has 0 aromatic carbocycles. The Bertz CT molecular complexity index is 1670. The van der Waals surface area contributed by atoms with Crippen molar-refractivity contribution in [2.45, 2.75) is 75.4 Å². The molecular weight excluding hydrogens is 628 g/mol. The highest BCUT2D eigenvalue weighted by Gasteiger charge is 2.44. The Hall–Kier alpha value is -3.71. The van der Waals surface area contributed by atoms with Crippen LogP contribution in [-0.4, -0.2) is 99.6 Å². The standard InChI is InChI=1S/C29H33F2N7O7S/c1-2-44-16-5-3-15(4-6-16)37-11-18(23(36-37)22-17(30)7-8-21(31)35-22)33-27(43)19-13-46-28(34-19)14-9-32-38(10-14)29-26(42)25(41)24(40)20(12-39)45-29/h7-11,13,15-16,20,24-26,29,39-42H,2-6,12H2,1H3,(H,33,43)/t15?,16?,20-,24-,25+,26+,29+/m0/s1. The van der Waals surface area contributed by atoms with Gasteiger partial charge < -0.3 is 35.2 Å². The summed E-state index contributed by atoms with van der Waals surface area (Å²) in [6.45, 7) is 1.99. The number of hydrogen-bond donors (Lipinski definition) is 5. The van der Waals surface area contributed by atoms with Crippen LogP contribution in [0.4, 0.5) is 14.5 Å². The zero-order valence-electron chi connectivity index (χ0n) is 24.6. The molecule has 1 aliphatic carbocycles. The van der Waals surface area contributed by atoms with E-state index in [2.05, 4.69) is 25.5 Å². The SMILES string of the molecule is CCOC1CCC(n2cc(NC(=O)c3csc(-c4cnn([C@@H]5O[C@@H](CO)[C@H](O)[C@@H](O)[C@H]5O)c4)n3)c(-c3nc(F)ccc3F)n2)CC1. The van der Waals surface area contributed by atoms with E-state index in [0.717, 1.165) is 49.2 Å². The number of aliphatic hydroxyl groups is 4. The highest BCUT2D eigenvalue weighted by Crippen LogP contribution is 2.35. The molecule has 4 aromatic heterocycles. The Balaban J connectivity index is 1.22. The van der Waals surface area contributed by atoms with Crippen molar-refractivity contribution in [3.05, 3.63) is 53.6 Å². The third kappa shape index (κ3) is 6.44. The molecule has 1 saturated carbocycles. The molecule has 5 heterocycles. The Morgan fingerprint density at radius 2 is 1.85 bits per heavy atom. The van der Waals surface area contributed by atoms with Gasteiger partial charge in [-0.3, -0.25) is 9.48 Å². The second-order valence-corrected chi connectivity index (χ2v) is 12.0. The lowest BCUT2D eigenvalue weighted by molar-refractivity contribution is -0.253. The van der Waals surface area contributed by atoms with Crippen LogP contribution < -0.4 is 5.32 Å². The number of rotatable bonds is 9. The summed E-state index contributed by atoms with van der Waals surface area (Å²) in [4.78, 5) is 21.5. The van der Waals surface area contributed by atoms with Crippen LogP contribution in [-0.2, 0) is 9.47 Å². The van der Waals surface area contributed by atoms with Crippen LogP contribution in [0.1, 0.15) is 55.4 Å². The third-order valence-electron chi connectivity index (χ3n) is 8.15. The first-order valence-electron chi connectivity index (χ1n) is 14.8. The molecule has 0 radical (unpaired) electrons. The molecule has 5 N–H and O–H groups in total. The number of pyridine rings is 1. The number of carbonyl (C=O) groups is 1. The number of thiazole rings is 1. The fourth-order valence-corrected chi connectivity index (χ4v) is 6.50. The summed E-state index contributed by atoms with van der Waals surface area (Å²) in [5.41, 5.74) is 0.275. The van der Waals surface area contributed by atoms with Crippen molar-refractivity contribution >= 4 is 22.9 Å². The minimum Gasteiger partial charge on any atom is -0.394 e. The Labute approximate surface area is 265 Å². The molecule has 6 rings (SSSR count). The van der Waals surface area contributed by atoms with Crippen molar-refractivity contribution in [2.24, 2.45) is 0 Å². The van der Waals surface area contributed by atoms with E-state index in [0.29, 0.717) is 17.2 Å². The highest BCUT2D eigenvalue weighted by molar-refractivity contribution is 7.13. The molecule has 14 nitrogen and oxygen atoms in total. The van der Waals surface area contributed by atoms with Gasteiger partial charge in [0.15, 0.2) is 12.0 Å². The first-order valence-corrected chi connectivity index (χ1v) is 15.7. The van der Waals surface area contributed by atoms with Crippen LogP contribution >= 0.6 is 11.3 Å². The maximum Gasteiger partial charge on any atom is 0.275 e. The second-order valence-electron chi connectivity index (χ2n) is 11.1. The predicted octanol–water partition coefficient (Wildman–Crippen LogP) is 2.29. The Morgan fingerprint density at radius 3 is 2.59 bits per heavy atom. The second kappa shape index (κ2) is 13.6. The predicted molar refractivity (Wildman–Crippen MR) is 159 cm³/mol. The molecule has 0 spiro atoms. The fourth-order valence-electron chi connectivity index (χ4n) is 5.73. The van der Waals surface area contributed by atoms with Crippen molar-refractivity contribution in [2.75, 3.05) is 18.5 Å². The van der Waals surface area contributed by atoms with E-state index in [1.165, 1.54) is 22.5 Å². The summed E-state index contributed by atoms with van der Waals surface area (Å²) in [6, 6.07) is 1.82. The molecule has 1 saturated heterocycles. The third-order valence-corrected chi connectivity index (χ3v) is 9.04. The summed E-state index contributed by atoms with van der Waals surface area (Å²) in [5.74, 6) is -2.31. The lowest BCUT2D eigenvalue weighted by atomic mass is 9.93. The number of hydrogen-bond acceptors (Lipinski definition) is 12. The Kier molecular flexibility index (Phi) is 9.51. The van der Waals surface area contributed by atoms with Gasteiger partial charge in [0.05, 0.1) is 30.6 Å². The van der Waals surface area contributed by atoms with Gasteiger partial charge in [0.2, 0.25) is 5.95 Å². The van der Waals surface area contributed by atoms with E-state index in [4.69, 9.17) is 9.47 Å². The monoisotopic (exact) mass is 661 g/mol. The number of amides is 1. The average Bonchev–Trinajstić information content (AvgIpc) is 3.82. The molecule has 246 valence electrons. The topological polar surface area (TPSA) is 190 Å². The zero-order chi connectivity index (χ0) is 32.5. The van der Waals surface area contributed by atoms with Crippen LogP contribution in [0, 0.1) is 11.8 Å². The average molecular weight is 662 g/mol. The number of halogens is 2. The molecule has 17 heteroatoms. The lowest BCUT2D eigenvalue weighted by Crippen LogP contribution is -2.56. The Morgan fingerprint density at radius 1 is 1.07 bits per heavy atom. The van der Waals surface area contributed by atoms with Gasteiger partial charge in [-0.1, -0.05) is 0 Å². The van der Waals surface area contributed by atoms with Gasteiger partial charge in [-0.05, 0) is 44.7 Å². The van der Waals surface area contributed by atoms with Crippen LogP contribution in [0.25, 0.3) is 22.0 Å². The number of nitrogens with zero attached hydrogens (tertiary/aromatic N) is 6. The normalized spacial score (nSPS) is 26.7. The smallest absolute Gasteiger partial charge is 0.275 e. The molecule has 1 amide bonds. The van der Waals surface area contributed by atoms with E-state index in [1.807, 2.05) is 6.92 Å². The first-order chi connectivity index (χ1) is 22.2. The van der Waals surface area contributed by atoms with Crippen LogP contribution in [0.15, 0.2) is 36.1 Å². The van der Waals surface area contributed by atoms with Gasteiger partial charge in [0.1, 0.15) is 46.5 Å². The van der Waals surface area contributed by atoms with Gasteiger partial charge in [0.25, 0.3) is 5.91 Å². The van der Waals surface area contributed by atoms with Gasteiger partial charge >= 0.3 is 0 Å². The molecular formula is C29H33F2N7O7S. The van der Waals surface area contributed by atoms with Crippen molar-refractivity contribution in [3.8, 4) is 22.0 Å². The molecule has 2 aliphatic rings. The van der Waals surface area contributed by atoms with E-state index in [1.54, 1.807) is 10.9 Å². The molecule has 1 aliphatic heterocycles. The van der Waals surface area contributed by atoms with E-state index >= 15 is 0 Å². The summed E-state index contributed by atoms with van der Waals surface area (Å²) >= 11 is 1.13. The number of ether oxygens (including phenoxy) is 2. The minimum atomic E-state index is -1.57. The maximum atomic E-state index is 14.8. The number of carbonyl (C=O) groups excluding carboxylic acids is 1. The molecule has 0 unspecified atom stereocenters. The van der Waals surface area contributed by atoms with E-state index < -0.39 is 54.9 Å². The molecule has 0 bridgehead atoms. The lowest BCUT2D eigenvalue weighted by Gasteiger charge is -2.39. The summed E-state index contributed by atoms with van der Waals surface area (Å²) in [6.07, 6.45) is 0.851. The van der Waals surface area contributed by atoms with Gasteiger partial charge in [-0.15, -0.1) is 11.3 Å². The van der Waals surface area contributed by atoms with Crippen molar-refractivity contribution in [1.82, 2.24) is 29.5 Å². The number of aliphatic hydroxyl groups excluding tert-OH is 4. The minimum absolute atomic E-state index is 0.0199. The maximum absolute atomic E-state index is 14.8. The van der Waals surface area contributed by atoms with Crippen LogP contribution in [0.2, 0.25) is 0 Å². The molecule has 2 fully saturated rings. The first kappa shape index (κ1) is 32.2. The molecule has 5 atom stereocenters. The van der Waals surface area contributed by atoms with Crippen LogP contribution in [0.5, 0.6) is 0 Å². The molecule has 4 aromatic rings.